The highest BCUT2D eigenvalue weighted by molar-refractivity contribution is 6.31. The van der Waals surface area contributed by atoms with Crippen molar-refractivity contribution in [3.63, 3.8) is 0 Å². The average Bonchev–Trinajstić information content (AvgIpc) is 2.63. The number of carbonyl (C=O) groups is 1. The zero-order valence-corrected chi connectivity index (χ0v) is 13.4. The maximum atomic E-state index is 11.7. The highest BCUT2D eigenvalue weighted by atomic mass is 35.5. The van der Waals surface area contributed by atoms with Crippen LogP contribution in [0.4, 0.5) is 5.69 Å². The van der Waals surface area contributed by atoms with E-state index < -0.39 is 11.5 Å². The van der Waals surface area contributed by atoms with Crippen LogP contribution in [0.25, 0.3) is 0 Å². The number of hydrogen-bond acceptors (Lipinski definition) is 5. The van der Waals surface area contributed by atoms with Crippen LogP contribution in [-0.4, -0.2) is 49.1 Å². The summed E-state index contributed by atoms with van der Waals surface area (Å²) in [4.78, 5) is 11.7. The fourth-order valence-corrected chi connectivity index (χ4v) is 2.38. The molecule has 0 amide bonds. The first kappa shape index (κ1) is 16.9. The number of benzene rings is 1. The summed E-state index contributed by atoms with van der Waals surface area (Å²) >= 11 is 6.08. The molecule has 1 fully saturated rings. The fraction of sp³-hybridized carbons (Fsp3) is 0.533. The van der Waals surface area contributed by atoms with Crippen LogP contribution in [0.1, 0.15) is 13.8 Å². The third-order valence-corrected chi connectivity index (χ3v) is 3.32. The quantitative estimate of drug-likeness (QED) is 0.864. The third kappa shape index (κ3) is 4.25. The normalized spacial score (nSPS) is 17.8. The summed E-state index contributed by atoms with van der Waals surface area (Å²) in [6, 6.07) is 5.03. The summed E-state index contributed by atoms with van der Waals surface area (Å²) in [6.07, 6.45) is -0.00991. The molecule has 1 aliphatic rings. The summed E-state index contributed by atoms with van der Waals surface area (Å²) in [5.74, 6) is -0.471. The maximum absolute atomic E-state index is 11.7. The molecule has 0 saturated carbocycles. The zero-order valence-electron chi connectivity index (χ0n) is 12.6. The Kier molecular flexibility index (Phi) is 5.50. The van der Waals surface area contributed by atoms with Gasteiger partial charge in [-0.1, -0.05) is 11.6 Å². The first-order chi connectivity index (χ1) is 10.4. The van der Waals surface area contributed by atoms with Crippen molar-refractivity contribution in [1.29, 1.82) is 0 Å². The van der Waals surface area contributed by atoms with Gasteiger partial charge in [0.15, 0.2) is 5.54 Å². The van der Waals surface area contributed by atoms with Crippen LogP contribution in [0, 0.1) is 0 Å². The van der Waals surface area contributed by atoms with Crippen LogP contribution in [0.2, 0.25) is 5.02 Å². The highest BCUT2D eigenvalue weighted by Crippen LogP contribution is 2.28. The molecule has 0 aromatic heterocycles. The van der Waals surface area contributed by atoms with Gasteiger partial charge in [-0.2, -0.15) is 0 Å². The predicted octanol–water partition coefficient (Wildman–Crippen LogP) is 2.41. The maximum Gasteiger partial charge on any atom is 0.334 e. The van der Waals surface area contributed by atoms with Crippen molar-refractivity contribution >= 4 is 23.3 Å². The molecule has 1 aromatic rings. The lowest BCUT2D eigenvalue weighted by Crippen LogP contribution is -2.53. The number of ether oxygens (including phenoxy) is 3. The van der Waals surface area contributed by atoms with Gasteiger partial charge in [0.25, 0.3) is 0 Å². The van der Waals surface area contributed by atoms with Gasteiger partial charge in [0, 0.05) is 16.8 Å². The monoisotopic (exact) mass is 329 g/mol. The standard InChI is InChI=1S/C15H20ClNO5/c1-10(2)22-13-6-11(16)5-12(7-13)17-15(14(18)19)8-20-3-4-21-9-15/h5-7,10,17H,3-4,8-9H2,1-2H3,(H,18,19). The molecule has 0 atom stereocenters. The van der Waals surface area contributed by atoms with Gasteiger partial charge in [0.1, 0.15) is 5.75 Å². The Morgan fingerprint density at radius 2 is 1.95 bits per heavy atom. The third-order valence-electron chi connectivity index (χ3n) is 3.11. The lowest BCUT2D eigenvalue weighted by Gasteiger charge is -2.29. The zero-order chi connectivity index (χ0) is 16.2. The minimum absolute atomic E-state index is 0.00914. The predicted molar refractivity (Wildman–Crippen MR) is 82.8 cm³/mol. The van der Waals surface area contributed by atoms with E-state index in [1.807, 2.05) is 13.8 Å². The molecule has 1 heterocycles. The first-order valence-electron chi connectivity index (χ1n) is 7.06. The van der Waals surface area contributed by atoms with Crippen LogP contribution < -0.4 is 10.1 Å². The van der Waals surface area contributed by atoms with E-state index in [0.717, 1.165) is 0 Å². The van der Waals surface area contributed by atoms with E-state index in [0.29, 0.717) is 29.7 Å². The topological polar surface area (TPSA) is 77.0 Å². The van der Waals surface area contributed by atoms with Crippen molar-refractivity contribution in [2.24, 2.45) is 0 Å². The molecule has 1 aliphatic heterocycles. The summed E-state index contributed by atoms with van der Waals surface area (Å²) in [7, 11) is 0. The number of hydrogen-bond donors (Lipinski definition) is 2. The molecule has 0 unspecified atom stereocenters. The van der Waals surface area contributed by atoms with Gasteiger partial charge in [-0.3, -0.25) is 0 Å². The second-order valence-corrected chi connectivity index (χ2v) is 5.90. The van der Waals surface area contributed by atoms with Gasteiger partial charge in [-0.25, -0.2) is 4.79 Å². The van der Waals surface area contributed by atoms with Crippen LogP contribution in [-0.2, 0) is 14.3 Å². The van der Waals surface area contributed by atoms with Crippen molar-refractivity contribution in [3.05, 3.63) is 23.2 Å². The summed E-state index contributed by atoms with van der Waals surface area (Å²) in [5.41, 5.74) is -0.810. The molecule has 1 aromatic carbocycles. The molecular formula is C15H20ClNO5. The largest absolute Gasteiger partial charge is 0.491 e. The summed E-state index contributed by atoms with van der Waals surface area (Å²) in [5, 5.41) is 13.0. The van der Waals surface area contributed by atoms with Crippen molar-refractivity contribution in [1.82, 2.24) is 0 Å². The molecule has 0 aliphatic carbocycles. The second kappa shape index (κ2) is 7.17. The molecular weight excluding hydrogens is 310 g/mol. The Labute approximate surface area is 134 Å². The van der Waals surface area contributed by atoms with E-state index in [9.17, 15) is 9.90 Å². The number of rotatable bonds is 5. The number of nitrogens with one attached hydrogen (secondary N) is 1. The Hall–Kier alpha value is -1.50. The van der Waals surface area contributed by atoms with Crippen LogP contribution >= 0.6 is 11.6 Å². The molecule has 2 rings (SSSR count). The van der Waals surface area contributed by atoms with E-state index >= 15 is 0 Å². The average molecular weight is 330 g/mol. The van der Waals surface area contributed by atoms with Crippen LogP contribution in [0.3, 0.4) is 0 Å². The number of carboxylic acids is 1. The molecule has 122 valence electrons. The molecule has 22 heavy (non-hydrogen) atoms. The fourth-order valence-electron chi connectivity index (χ4n) is 2.15. The van der Waals surface area contributed by atoms with E-state index in [1.165, 1.54) is 0 Å². The minimum Gasteiger partial charge on any atom is -0.491 e. The van der Waals surface area contributed by atoms with E-state index in [-0.39, 0.29) is 19.3 Å². The number of halogens is 1. The molecule has 2 N–H and O–H groups in total. The number of aliphatic carboxylic acids is 1. The molecule has 6 nitrogen and oxygen atoms in total. The lowest BCUT2D eigenvalue weighted by molar-refractivity contribution is -0.145. The van der Waals surface area contributed by atoms with Gasteiger partial charge in [-0.15, -0.1) is 0 Å². The summed E-state index contributed by atoms with van der Waals surface area (Å²) in [6.45, 7) is 4.56. The molecule has 0 bridgehead atoms. The SMILES string of the molecule is CC(C)Oc1cc(Cl)cc(NC2(C(=O)O)COCCOC2)c1. The van der Waals surface area contributed by atoms with Crippen molar-refractivity contribution in [2.75, 3.05) is 31.7 Å². The Balaban J connectivity index is 2.26. The van der Waals surface area contributed by atoms with Gasteiger partial charge in [-0.05, 0) is 26.0 Å². The first-order valence-corrected chi connectivity index (χ1v) is 7.43. The van der Waals surface area contributed by atoms with Crippen LogP contribution in [0.5, 0.6) is 5.75 Å². The smallest absolute Gasteiger partial charge is 0.334 e. The highest BCUT2D eigenvalue weighted by Gasteiger charge is 2.41. The van der Waals surface area contributed by atoms with E-state index in [1.54, 1.807) is 18.2 Å². The molecule has 1 saturated heterocycles. The summed E-state index contributed by atoms with van der Waals surface area (Å²) < 4.78 is 16.3. The second-order valence-electron chi connectivity index (χ2n) is 5.46. The van der Waals surface area contributed by atoms with Crippen molar-refractivity contribution in [2.45, 2.75) is 25.5 Å². The minimum atomic E-state index is -1.35. The van der Waals surface area contributed by atoms with E-state index in [2.05, 4.69) is 5.32 Å². The van der Waals surface area contributed by atoms with Gasteiger partial charge in [0.2, 0.25) is 0 Å². The van der Waals surface area contributed by atoms with Crippen molar-refractivity contribution < 1.29 is 24.1 Å². The number of anilines is 1. The molecule has 0 radical (unpaired) electrons. The lowest BCUT2D eigenvalue weighted by atomic mass is 10.0. The van der Waals surface area contributed by atoms with Crippen molar-refractivity contribution in [3.8, 4) is 5.75 Å². The Bertz CT molecular complexity index is 527. The van der Waals surface area contributed by atoms with Gasteiger partial charge >= 0.3 is 5.97 Å². The molecule has 7 heteroatoms. The van der Waals surface area contributed by atoms with E-state index in [4.69, 9.17) is 25.8 Å². The van der Waals surface area contributed by atoms with Gasteiger partial charge in [0.05, 0.1) is 32.5 Å². The Morgan fingerprint density at radius 1 is 1.32 bits per heavy atom. The number of carboxylic acid groups (broad SMARTS) is 1. The van der Waals surface area contributed by atoms with Crippen LogP contribution in [0.15, 0.2) is 18.2 Å². The Morgan fingerprint density at radius 3 is 2.50 bits per heavy atom. The van der Waals surface area contributed by atoms with Gasteiger partial charge < -0.3 is 24.6 Å². The molecule has 0 spiro atoms.